The van der Waals surface area contributed by atoms with Gasteiger partial charge in [-0.15, -0.1) is 0 Å². The average Bonchev–Trinajstić information content (AvgIpc) is 2.64. The molecule has 0 saturated heterocycles. The minimum absolute atomic E-state index is 0.00307. The van der Waals surface area contributed by atoms with Crippen molar-refractivity contribution in [3.8, 4) is 6.07 Å². The Kier molecular flexibility index (Phi) is 3.18. The van der Waals surface area contributed by atoms with Gasteiger partial charge >= 0.3 is 0 Å². The highest BCUT2D eigenvalue weighted by atomic mass is 16.3. The van der Waals surface area contributed by atoms with Gasteiger partial charge in [0.05, 0.1) is 0 Å². The van der Waals surface area contributed by atoms with Gasteiger partial charge in [0.15, 0.2) is 0 Å². The second kappa shape index (κ2) is 4.42. The van der Waals surface area contributed by atoms with Crippen molar-refractivity contribution >= 4 is 11.0 Å². The van der Waals surface area contributed by atoms with E-state index in [0.29, 0.717) is 5.76 Å². The third-order valence-electron chi connectivity index (χ3n) is 3.46. The van der Waals surface area contributed by atoms with Crippen molar-refractivity contribution in [2.24, 2.45) is 0 Å². The topological polar surface area (TPSA) is 36.9 Å². The Morgan fingerprint density at radius 2 is 1.84 bits per heavy atom. The number of nitrogens with zero attached hydrogens (tertiary/aromatic N) is 1. The lowest BCUT2D eigenvalue weighted by Crippen LogP contribution is -2.11. The van der Waals surface area contributed by atoms with Gasteiger partial charge in [-0.05, 0) is 29.9 Å². The second-order valence-corrected chi connectivity index (χ2v) is 6.55. The number of hydrogen-bond acceptors (Lipinski definition) is 2. The number of nitriles is 1. The minimum Gasteiger partial charge on any atom is -0.445 e. The third kappa shape index (κ3) is 2.26. The number of hydrogen-bond donors (Lipinski definition) is 0. The minimum atomic E-state index is 0.00307. The van der Waals surface area contributed by atoms with E-state index in [2.05, 4.69) is 59.7 Å². The Morgan fingerprint density at radius 1 is 1.21 bits per heavy atom. The van der Waals surface area contributed by atoms with Crippen LogP contribution in [0.3, 0.4) is 0 Å². The van der Waals surface area contributed by atoms with Crippen LogP contribution >= 0.6 is 0 Å². The van der Waals surface area contributed by atoms with E-state index in [4.69, 9.17) is 4.42 Å². The van der Waals surface area contributed by atoms with Crippen LogP contribution in [0.1, 0.15) is 63.0 Å². The lowest BCUT2D eigenvalue weighted by Gasteiger charge is -2.20. The van der Waals surface area contributed by atoms with Crippen LogP contribution in [0, 0.1) is 18.3 Å². The fourth-order valence-electron chi connectivity index (χ4n) is 2.58. The molecule has 2 aromatic rings. The number of fused-ring (bicyclic) bond motifs is 1. The number of rotatable bonds is 1. The zero-order valence-electron chi connectivity index (χ0n) is 12.6. The van der Waals surface area contributed by atoms with Crippen molar-refractivity contribution in [1.29, 1.82) is 5.26 Å². The lowest BCUT2D eigenvalue weighted by atomic mass is 9.84. The van der Waals surface area contributed by atoms with Gasteiger partial charge in [-0.2, -0.15) is 5.26 Å². The Hall–Kier alpha value is -1.75. The molecule has 0 aliphatic heterocycles. The molecule has 1 aromatic heterocycles. The molecule has 0 unspecified atom stereocenters. The first-order valence-electron chi connectivity index (χ1n) is 6.73. The highest BCUT2D eigenvalue weighted by Crippen LogP contribution is 2.38. The van der Waals surface area contributed by atoms with Gasteiger partial charge in [-0.25, -0.2) is 0 Å². The fourth-order valence-corrected chi connectivity index (χ4v) is 2.58. The van der Waals surface area contributed by atoms with Gasteiger partial charge in [-0.3, -0.25) is 0 Å². The molecular formula is C17H21NO. The number of furan rings is 1. The largest absolute Gasteiger partial charge is 0.445 e. The summed E-state index contributed by atoms with van der Waals surface area (Å²) in [6, 6.07) is 6.49. The Balaban J connectivity index is 2.93. The summed E-state index contributed by atoms with van der Waals surface area (Å²) in [5, 5.41) is 10.4. The van der Waals surface area contributed by atoms with Gasteiger partial charge in [-0.1, -0.05) is 40.7 Å². The van der Waals surface area contributed by atoms with Crippen LogP contribution in [-0.2, 0) is 5.41 Å². The van der Waals surface area contributed by atoms with E-state index in [1.165, 1.54) is 11.1 Å². The molecule has 0 radical (unpaired) electrons. The molecule has 0 bridgehead atoms. The molecule has 0 aliphatic rings. The molecule has 100 valence electrons. The molecule has 0 N–H and O–H groups in total. The first-order valence-corrected chi connectivity index (χ1v) is 6.73. The van der Waals surface area contributed by atoms with Crippen LogP contribution in [0.25, 0.3) is 11.0 Å². The monoisotopic (exact) mass is 255 g/mol. The van der Waals surface area contributed by atoms with Crippen LogP contribution < -0.4 is 0 Å². The summed E-state index contributed by atoms with van der Waals surface area (Å²) < 4.78 is 5.86. The van der Waals surface area contributed by atoms with E-state index < -0.39 is 0 Å². The van der Waals surface area contributed by atoms with E-state index in [-0.39, 0.29) is 11.3 Å². The van der Waals surface area contributed by atoms with E-state index in [1.807, 2.05) is 0 Å². The Labute approximate surface area is 115 Å². The molecule has 2 heteroatoms. The second-order valence-electron chi connectivity index (χ2n) is 6.55. The molecule has 0 aliphatic carbocycles. The molecule has 0 fully saturated rings. The van der Waals surface area contributed by atoms with Gasteiger partial charge in [0.25, 0.3) is 0 Å². The van der Waals surface area contributed by atoms with Crippen molar-refractivity contribution in [2.45, 2.75) is 52.9 Å². The summed E-state index contributed by atoms with van der Waals surface area (Å²) in [6.45, 7) is 12.8. The smallest absolute Gasteiger partial charge is 0.208 e. The van der Waals surface area contributed by atoms with Crippen molar-refractivity contribution < 1.29 is 4.42 Å². The molecule has 2 nitrogen and oxygen atoms in total. The first-order chi connectivity index (χ1) is 8.75. The van der Waals surface area contributed by atoms with Gasteiger partial charge in [0, 0.05) is 16.5 Å². The molecular weight excluding hydrogens is 234 g/mol. The molecule has 0 spiro atoms. The van der Waals surface area contributed by atoms with E-state index >= 15 is 0 Å². The van der Waals surface area contributed by atoms with E-state index in [9.17, 15) is 5.26 Å². The predicted octanol–water partition coefficient (Wildman–Crippen LogP) is 5.03. The van der Waals surface area contributed by atoms with Crippen molar-refractivity contribution in [3.63, 3.8) is 0 Å². The highest BCUT2D eigenvalue weighted by molar-refractivity contribution is 5.88. The van der Waals surface area contributed by atoms with Crippen molar-refractivity contribution in [3.05, 3.63) is 34.6 Å². The maximum atomic E-state index is 9.29. The molecule has 0 amide bonds. The number of aryl methyl sites for hydroxylation is 1. The first kappa shape index (κ1) is 13.7. The van der Waals surface area contributed by atoms with Gasteiger partial charge in [0.2, 0.25) is 5.76 Å². The molecule has 0 atom stereocenters. The summed E-state index contributed by atoms with van der Waals surface area (Å²) in [5.74, 6) is 0.742. The summed E-state index contributed by atoms with van der Waals surface area (Å²) in [4.78, 5) is 0. The van der Waals surface area contributed by atoms with Gasteiger partial charge < -0.3 is 4.42 Å². The van der Waals surface area contributed by atoms with Crippen LogP contribution in [0.4, 0.5) is 0 Å². The van der Waals surface area contributed by atoms with Gasteiger partial charge in [0.1, 0.15) is 11.7 Å². The normalized spacial score (nSPS) is 12.1. The average molecular weight is 255 g/mol. The zero-order valence-corrected chi connectivity index (χ0v) is 12.6. The predicted molar refractivity (Wildman–Crippen MR) is 78.5 cm³/mol. The van der Waals surface area contributed by atoms with Crippen LogP contribution in [0.5, 0.6) is 0 Å². The zero-order chi connectivity index (χ0) is 14.4. The summed E-state index contributed by atoms with van der Waals surface area (Å²) in [6.07, 6.45) is 0. The standard InChI is InChI=1S/C17H21NO/c1-10(2)15-12-7-11(3)8-13(17(4,5)6)16(12)19-14(15)9-18/h7-8,10H,1-6H3. The van der Waals surface area contributed by atoms with Crippen LogP contribution in [-0.4, -0.2) is 0 Å². The third-order valence-corrected chi connectivity index (χ3v) is 3.46. The van der Waals surface area contributed by atoms with E-state index in [0.717, 1.165) is 16.5 Å². The lowest BCUT2D eigenvalue weighted by molar-refractivity contribution is 0.548. The molecule has 0 saturated carbocycles. The fraction of sp³-hybridized carbons (Fsp3) is 0.471. The number of benzene rings is 1. The van der Waals surface area contributed by atoms with E-state index in [1.54, 1.807) is 0 Å². The molecule has 1 aromatic carbocycles. The molecule has 1 heterocycles. The summed E-state index contributed by atoms with van der Waals surface area (Å²) >= 11 is 0. The van der Waals surface area contributed by atoms with Crippen LogP contribution in [0.15, 0.2) is 16.5 Å². The van der Waals surface area contributed by atoms with Crippen LogP contribution in [0.2, 0.25) is 0 Å². The summed E-state index contributed by atoms with van der Waals surface area (Å²) in [7, 11) is 0. The maximum absolute atomic E-state index is 9.29. The Bertz CT molecular complexity index is 663. The molecule has 2 rings (SSSR count). The SMILES string of the molecule is Cc1cc(C(C)(C)C)c2oc(C#N)c(C(C)C)c2c1. The van der Waals surface area contributed by atoms with Crippen molar-refractivity contribution in [1.82, 2.24) is 0 Å². The summed E-state index contributed by atoms with van der Waals surface area (Å²) in [5.41, 5.74) is 4.30. The molecule has 19 heavy (non-hydrogen) atoms. The maximum Gasteiger partial charge on any atom is 0.208 e. The quantitative estimate of drug-likeness (QED) is 0.716. The highest BCUT2D eigenvalue weighted by Gasteiger charge is 2.24. The van der Waals surface area contributed by atoms with Crippen molar-refractivity contribution in [2.75, 3.05) is 0 Å². The Morgan fingerprint density at radius 3 is 2.32 bits per heavy atom.